The van der Waals surface area contributed by atoms with E-state index >= 15 is 0 Å². The summed E-state index contributed by atoms with van der Waals surface area (Å²) in [4.78, 5) is 15.3. The first kappa shape index (κ1) is 28.7. The molecule has 0 unspecified atom stereocenters. The number of fused-ring (bicyclic) bond motifs is 9. The Bertz CT molecular complexity index is 3190. The van der Waals surface area contributed by atoms with Crippen LogP contribution >= 0.6 is 0 Å². The van der Waals surface area contributed by atoms with Crippen molar-refractivity contribution in [1.29, 1.82) is 0 Å². The zero-order valence-electron chi connectivity index (χ0n) is 27.7. The first-order valence-electron chi connectivity index (χ1n) is 17.3. The lowest BCUT2D eigenvalue weighted by atomic mass is 9.98. The van der Waals surface area contributed by atoms with Gasteiger partial charge in [-0.3, -0.25) is 0 Å². The van der Waals surface area contributed by atoms with E-state index in [0.717, 1.165) is 87.9 Å². The van der Waals surface area contributed by atoms with Crippen molar-refractivity contribution < 1.29 is 8.83 Å². The Morgan fingerprint density at radius 2 is 0.827 bits per heavy atom. The molecule has 0 bridgehead atoms. The average Bonchev–Trinajstić information content (AvgIpc) is 3.79. The molecule has 11 rings (SSSR count). The van der Waals surface area contributed by atoms with Gasteiger partial charge in [0, 0.05) is 38.2 Å². The molecule has 3 heterocycles. The second-order valence-corrected chi connectivity index (χ2v) is 13.2. The van der Waals surface area contributed by atoms with Gasteiger partial charge in [0.25, 0.3) is 0 Å². The Kier molecular flexibility index (Phi) is 6.18. The minimum atomic E-state index is 0.610. The maximum absolute atomic E-state index is 6.23. The number of para-hydroxylation sites is 2. The highest BCUT2D eigenvalue weighted by Gasteiger charge is 2.17. The number of hydrogen-bond acceptors (Lipinski definition) is 5. The molecule has 5 nitrogen and oxygen atoms in total. The van der Waals surface area contributed by atoms with Crippen LogP contribution in [0.2, 0.25) is 0 Å². The minimum absolute atomic E-state index is 0.610. The SMILES string of the molecule is c1ccc2cc(-c3nc(-c4ccc(-c5cccc6oc7ccccc7c56)cc4)nc(-c4ccc5ccc6oc7ccccc7c6c5c4)n3)ccc2c1. The monoisotopic (exact) mass is 665 g/mol. The highest BCUT2D eigenvalue weighted by Crippen LogP contribution is 2.39. The third kappa shape index (κ3) is 4.53. The summed E-state index contributed by atoms with van der Waals surface area (Å²) in [5.74, 6) is 1.84. The minimum Gasteiger partial charge on any atom is -0.456 e. The van der Waals surface area contributed by atoms with E-state index in [2.05, 4.69) is 127 Å². The molecule has 0 radical (unpaired) electrons. The Morgan fingerprint density at radius 3 is 1.58 bits per heavy atom. The van der Waals surface area contributed by atoms with E-state index < -0.39 is 0 Å². The molecule has 0 atom stereocenters. The van der Waals surface area contributed by atoms with Gasteiger partial charge in [-0.15, -0.1) is 0 Å². The summed E-state index contributed by atoms with van der Waals surface area (Å²) in [5.41, 5.74) is 8.45. The summed E-state index contributed by atoms with van der Waals surface area (Å²) in [6.07, 6.45) is 0. The van der Waals surface area contributed by atoms with Crippen molar-refractivity contribution in [1.82, 2.24) is 15.0 Å². The molecular weight excluding hydrogens is 639 g/mol. The van der Waals surface area contributed by atoms with Crippen molar-refractivity contribution in [2.24, 2.45) is 0 Å². The molecule has 8 aromatic carbocycles. The Balaban J connectivity index is 1.08. The largest absolute Gasteiger partial charge is 0.456 e. The van der Waals surface area contributed by atoms with Crippen molar-refractivity contribution in [3.8, 4) is 45.3 Å². The lowest BCUT2D eigenvalue weighted by Crippen LogP contribution is -2.00. The molecule has 0 aliphatic rings. The van der Waals surface area contributed by atoms with Crippen LogP contribution < -0.4 is 0 Å². The predicted molar refractivity (Wildman–Crippen MR) is 211 cm³/mol. The van der Waals surface area contributed by atoms with Gasteiger partial charge >= 0.3 is 0 Å². The van der Waals surface area contributed by atoms with Gasteiger partial charge in [0.2, 0.25) is 0 Å². The van der Waals surface area contributed by atoms with Crippen molar-refractivity contribution in [3.05, 3.63) is 164 Å². The zero-order chi connectivity index (χ0) is 34.2. The summed E-state index contributed by atoms with van der Waals surface area (Å²) in [6, 6.07) is 56.4. The van der Waals surface area contributed by atoms with E-state index in [9.17, 15) is 0 Å². The number of furan rings is 2. The Hall–Kier alpha value is -7.11. The topological polar surface area (TPSA) is 65.0 Å². The van der Waals surface area contributed by atoms with Crippen LogP contribution in [0.5, 0.6) is 0 Å². The molecule has 0 fully saturated rings. The normalized spacial score (nSPS) is 11.8. The molecule has 0 N–H and O–H groups in total. The van der Waals surface area contributed by atoms with E-state index in [-0.39, 0.29) is 0 Å². The van der Waals surface area contributed by atoms with Crippen molar-refractivity contribution in [3.63, 3.8) is 0 Å². The molecule has 0 amide bonds. The maximum atomic E-state index is 6.23. The van der Waals surface area contributed by atoms with E-state index in [1.54, 1.807) is 0 Å². The summed E-state index contributed by atoms with van der Waals surface area (Å²) in [5, 5.41) is 8.93. The van der Waals surface area contributed by atoms with Crippen LogP contribution in [0.15, 0.2) is 173 Å². The molecule has 242 valence electrons. The highest BCUT2D eigenvalue weighted by atomic mass is 16.3. The predicted octanol–water partition coefficient (Wildman–Crippen LogP) is 12.6. The number of nitrogens with zero attached hydrogens (tertiary/aromatic N) is 3. The molecule has 0 aliphatic heterocycles. The van der Waals surface area contributed by atoms with E-state index in [0.29, 0.717) is 17.5 Å². The number of hydrogen-bond donors (Lipinski definition) is 0. The molecule has 52 heavy (non-hydrogen) atoms. The van der Waals surface area contributed by atoms with Crippen LogP contribution in [0.25, 0.3) is 111 Å². The molecule has 5 heteroatoms. The second-order valence-electron chi connectivity index (χ2n) is 13.2. The van der Waals surface area contributed by atoms with Crippen LogP contribution in [-0.4, -0.2) is 15.0 Å². The summed E-state index contributed by atoms with van der Waals surface area (Å²) in [6.45, 7) is 0. The van der Waals surface area contributed by atoms with Crippen molar-refractivity contribution in [2.75, 3.05) is 0 Å². The van der Waals surface area contributed by atoms with Gasteiger partial charge in [-0.1, -0.05) is 127 Å². The highest BCUT2D eigenvalue weighted by molar-refractivity contribution is 6.19. The third-order valence-electron chi connectivity index (χ3n) is 10.1. The fourth-order valence-electron chi connectivity index (χ4n) is 7.59. The van der Waals surface area contributed by atoms with Crippen LogP contribution in [0.4, 0.5) is 0 Å². The first-order valence-corrected chi connectivity index (χ1v) is 17.3. The average molecular weight is 666 g/mol. The van der Waals surface area contributed by atoms with Crippen molar-refractivity contribution in [2.45, 2.75) is 0 Å². The molecule has 0 aliphatic carbocycles. The van der Waals surface area contributed by atoms with Gasteiger partial charge in [0.15, 0.2) is 17.5 Å². The smallest absolute Gasteiger partial charge is 0.164 e. The lowest BCUT2D eigenvalue weighted by Gasteiger charge is -2.11. The zero-order valence-corrected chi connectivity index (χ0v) is 27.7. The number of rotatable bonds is 4. The Morgan fingerprint density at radius 1 is 0.308 bits per heavy atom. The van der Waals surface area contributed by atoms with Crippen LogP contribution in [0.1, 0.15) is 0 Å². The molecule has 3 aromatic heterocycles. The summed E-state index contributed by atoms with van der Waals surface area (Å²) < 4.78 is 12.4. The quantitative estimate of drug-likeness (QED) is 0.187. The standard InChI is InChI=1S/C47H27N3O2/c1-2-9-32-26-33(22-16-28(32)8-1)46-48-45(31-20-17-29(18-21-31)35-12-7-15-41-43(35)36-10-3-5-13-39(36)51-41)49-47(50-46)34-23-19-30-24-25-42-44(38(30)27-34)37-11-4-6-14-40(37)52-42/h1-27H. The van der Waals surface area contributed by atoms with Gasteiger partial charge in [0.05, 0.1) is 0 Å². The second kappa shape index (κ2) is 11.2. The third-order valence-corrected chi connectivity index (χ3v) is 10.1. The fourth-order valence-corrected chi connectivity index (χ4v) is 7.59. The van der Waals surface area contributed by atoms with E-state index in [4.69, 9.17) is 23.8 Å². The number of aromatic nitrogens is 3. The van der Waals surface area contributed by atoms with Gasteiger partial charge in [-0.25, -0.2) is 15.0 Å². The molecule has 0 spiro atoms. The van der Waals surface area contributed by atoms with E-state index in [1.165, 1.54) is 5.39 Å². The molecule has 0 saturated carbocycles. The molecular formula is C47H27N3O2. The van der Waals surface area contributed by atoms with Crippen LogP contribution in [-0.2, 0) is 0 Å². The van der Waals surface area contributed by atoms with Gasteiger partial charge in [-0.05, 0) is 69.1 Å². The van der Waals surface area contributed by atoms with Crippen LogP contribution in [0, 0.1) is 0 Å². The Labute approximate surface area is 297 Å². The van der Waals surface area contributed by atoms with Crippen LogP contribution in [0.3, 0.4) is 0 Å². The lowest BCUT2D eigenvalue weighted by molar-refractivity contribution is 0.668. The molecule has 11 aromatic rings. The van der Waals surface area contributed by atoms with E-state index in [1.807, 2.05) is 36.4 Å². The first-order chi connectivity index (χ1) is 25.7. The van der Waals surface area contributed by atoms with Gasteiger partial charge in [0.1, 0.15) is 22.3 Å². The molecule has 0 saturated heterocycles. The van der Waals surface area contributed by atoms with Crippen molar-refractivity contribution >= 4 is 65.4 Å². The maximum Gasteiger partial charge on any atom is 0.164 e. The number of benzene rings is 8. The van der Waals surface area contributed by atoms with Gasteiger partial charge < -0.3 is 8.83 Å². The fraction of sp³-hybridized carbons (Fsp3) is 0. The van der Waals surface area contributed by atoms with Gasteiger partial charge in [-0.2, -0.15) is 0 Å². The summed E-state index contributed by atoms with van der Waals surface area (Å²) in [7, 11) is 0. The summed E-state index contributed by atoms with van der Waals surface area (Å²) >= 11 is 0.